The Morgan fingerprint density at radius 2 is 2.25 bits per heavy atom. The highest BCUT2D eigenvalue weighted by Gasteiger charge is 1.93. The van der Waals surface area contributed by atoms with E-state index in [4.69, 9.17) is 16.7 Å². The molecule has 0 heterocycles. The van der Waals surface area contributed by atoms with Gasteiger partial charge in [-0.15, -0.1) is 0 Å². The topological polar surface area (TPSA) is 20.2 Å². The molecule has 0 aliphatic rings. The minimum atomic E-state index is 0.0711. The third-order valence-electron chi connectivity index (χ3n) is 1.60. The maximum atomic E-state index is 8.54. The smallest absolute Gasteiger partial charge is 0.0615 e. The van der Waals surface area contributed by atoms with Crippen molar-refractivity contribution in [2.45, 2.75) is 6.92 Å². The van der Waals surface area contributed by atoms with Gasteiger partial charge in [-0.2, -0.15) is 0 Å². The Bertz CT molecular complexity index is 292. The molecule has 1 nitrogen and oxygen atoms in total. The van der Waals surface area contributed by atoms with Crippen molar-refractivity contribution in [3.8, 4) is 0 Å². The molecule has 1 aromatic rings. The van der Waals surface area contributed by atoms with E-state index in [9.17, 15) is 0 Å². The minimum Gasteiger partial charge on any atom is -0.392 e. The fourth-order valence-corrected chi connectivity index (χ4v) is 1.08. The van der Waals surface area contributed by atoms with Gasteiger partial charge < -0.3 is 5.11 Å². The Labute approximate surface area is 77.3 Å². The second-order valence-corrected chi connectivity index (χ2v) is 3.00. The largest absolute Gasteiger partial charge is 0.392 e. The fourth-order valence-electron chi connectivity index (χ4n) is 0.960. The Morgan fingerprint density at radius 3 is 2.83 bits per heavy atom. The lowest BCUT2D eigenvalue weighted by molar-refractivity contribution is 0.343. The lowest BCUT2D eigenvalue weighted by atomic mass is 10.1. The molecule has 2 heteroatoms. The molecule has 1 aromatic carbocycles. The third kappa shape index (κ3) is 2.36. The number of hydrogen-bond donors (Lipinski definition) is 1. The summed E-state index contributed by atoms with van der Waals surface area (Å²) >= 11 is 5.84. The highest BCUT2D eigenvalue weighted by atomic mass is 35.5. The zero-order chi connectivity index (χ0) is 8.97. The number of halogens is 1. The van der Waals surface area contributed by atoms with Crippen molar-refractivity contribution in [2.75, 3.05) is 6.61 Å². The van der Waals surface area contributed by atoms with Gasteiger partial charge >= 0.3 is 0 Å². The van der Waals surface area contributed by atoms with Crippen LogP contribution < -0.4 is 0 Å². The van der Waals surface area contributed by atoms with E-state index >= 15 is 0 Å². The third-order valence-corrected chi connectivity index (χ3v) is 2.02. The summed E-state index contributed by atoms with van der Waals surface area (Å²) in [7, 11) is 0. The molecule has 0 aliphatic heterocycles. The van der Waals surface area contributed by atoms with Crippen LogP contribution in [0.4, 0.5) is 0 Å². The molecule has 0 spiro atoms. The molecule has 0 aromatic heterocycles. The molecule has 64 valence electrons. The minimum absolute atomic E-state index is 0.0711. The van der Waals surface area contributed by atoms with E-state index in [2.05, 4.69) is 0 Å². The Morgan fingerprint density at radius 1 is 1.50 bits per heavy atom. The quantitative estimate of drug-likeness (QED) is 0.746. The van der Waals surface area contributed by atoms with Crippen LogP contribution in [-0.2, 0) is 0 Å². The maximum Gasteiger partial charge on any atom is 0.0615 e. The maximum absolute atomic E-state index is 8.54. The first-order valence-corrected chi connectivity index (χ1v) is 4.15. The Hall–Kier alpha value is -0.790. The van der Waals surface area contributed by atoms with E-state index in [1.165, 1.54) is 0 Å². The highest BCUT2D eigenvalue weighted by Crippen LogP contribution is 2.16. The van der Waals surface area contributed by atoms with E-state index in [1.807, 2.05) is 31.2 Å². The van der Waals surface area contributed by atoms with Crippen LogP contribution in [-0.4, -0.2) is 11.7 Å². The van der Waals surface area contributed by atoms with Gasteiger partial charge in [0.05, 0.1) is 6.61 Å². The van der Waals surface area contributed by atoms with Crippen LogP contribution in [0.3, 0.4) is 0 Å². The average Bonchev–Trinajstić information content (AvgIpc) is 2.07. The van der Waals surface area contributed by atoms with Crippen molar-refractivity contribution in [3.05, 3.63) is 40.4 Å². The summed E-state index contributed by atoms with van der Waals surface area (Å²) in [5.74, 6) is 0. The van der Waals surface area contributed by atoms with Crippen LogP contribution in [0.1, 0.15) is 11.1 Å². The molecular weight excluding hydrogens is 172 g/mol. The van der Waals surface area contributed by atoms with Crippen LogP contribution in [0, 0.1) is 6.92 Å². The summed E-state index contributed by atoms with van der Waals surface area (Å²) in [6.07, 6.45) is 3.56. The molecule has 0 saturated carbocycles. The van der Waals surface area contributed by atoms with Gasteiger partial charge in [-0.25, -0.2) is 0 Å². The Kier molecular flexibility index (Phi) is 3.32. The molecule has 12 heavy (non-hydrogen) atoms. The molecule has 0 aliphatic carbocycles. The molecule has 0 bridgehead atoms. The Balaban J connectivity index is 2.89. The second kappa shape index (κ2) is 4.29. The number of aryl methyl sites for hydroxylation is 1. The van der Waals surface area contributed by atoms with Crippen molar-refractivity contribution in [3.63, 3.8) is 0 Å². The van der Waals surface area contributed by atoms with Gasteiger partial charge in [-0.05, 0) is 24.1 Å². The molecular formula is C10H11ClO. The monoisotopic (exact) mass is 182 g/mol. The molecule has 0 saturated heterocycles. The predicted molar refractivity (Wildman–Crippen MR) is 52.3 cm³/mol. The molecule has 0 amide bonds. The van der Waals surface area contributed by atoms with Crippen LogP contribution in [0.5, 0.6) is 0 Å². The predicted octanol–water partition coefficient (Wildman–Crippen LogP) is 2.65. The van der Waals surface area contributed by atoms with E-state index in [0.717, 1.165) is 16.1 Å². The first-order chi connectivity index (χ1) is 5.74. The number of benzene rings is 1. The zero-order valence-corrected chi connectivity index (χ0v) is 7.67. The normalized spacial score (nSPS) is 10.9. The number of hydrogen-bond acceptors (Lipinski definition) is 1. The van der Waals surface area contributed by atoms with Gasteiger partial charge in [0.25, 0.3) is 0 Å². The molecule has 0 atom stereocenters. The average molecular weight is 183 g/mol. The number of rotatable bonds is 2. The molecule has 0 unspecified atom stereocenters. The first kappa shape index (κ1) is 9.30. The summed E-state index contributed by atoms with van der Waals surface area (Å²) in [6, 6.07) is 5.75. The summed E-state index contributed by atoms with van der Waals surface area (Å²) in [4.78, 5) is 0. The molecule has 0 fully saturated rings. The van der Waals surface area contributed by atoms with E-state index in [-0.39, 0.29) is 6.61 Å². The second-order valence-electron chi connectivity index (χ2n) is 2.59. The van der Waals surface area contributed by atoms with Crippen molar-refractivity contribution in [1.82, 2.24) is 0 Å². The van der Waals surface area contributed by atoms with E-state index in [1.54, 1.807) is 6.08 Å². The van der Waals surface area contributed by atoms with Crippen LogP contribution >= 0.6 is 11.6 Å². The molecule has 1 rings (SSSR count). The summed E-state index contributed by atoms with van der Waals surface area (Å²) in [5.41, 5.74) is 2.11. The lowest BCUT2D eigenvalue weighted by Crippen LogP contribution is -1.78. The first-order valence-electron chi connectivity index (χ1n) is 3.77. The highest BCUT2D eigenvalue weighted by molar-refractivity contribution is 6.31. The van der Waals surface area contributed by atoms with Crippen LogP contribution in [0.15, 0.2) is 24.3 Å². The van der Waals surface area contributed by atoms with Gasteiger partial charge in [0, 0.05) is 5.02 Å². The SMILES string of the molecule is Cc1cc(C=CCO)ccc1Cl. The lowest BCUT2D eigenvalue weighted by Gasteiger charge is -1.98. The van der Waals surface area contributed by atoms with Crippen molar-refractivity contribution < 1.29 is 5.11 Å². The fraction of sp³-hybridized carbons (Fsp3) is 0.200. The van der Waals surface area contributed by atoms with Crippen molar-refractivity contribution >= 4 is 17.7 Å². The molecule has 0 radical (unpaired) electrons. The summed E-state index contributed by atoms with van der Waals surface area (Å²) < 4.78 is 0. The number of aliphatic hydroxyl groups excluding tert-OH is 1. The van der Waals surface area contributed by atoms with E-state index in [0.29, 0.717) is 0 Å². The van der Waals surface area contributed by atoms with E-state index < -0.39 is 0 Å². The van der Waals surface area contributed by atoms with Crippen molar-refractivity contribution in [1.29, 1.82) is 0 Å². The van der Waals surface area contributed by atoms with Gasteiger partial charge in [-0.3, -0.25) is 0 Å². The zero-order valence-electron chi connectivity index (χ0n) is 6.92. The molecule has 1 N–H and O–H groups in total. The number of aliphatic hydroxyl groups is 1. The van der Waals surface area contributed by atoms with Gasteiger partial charge in [-0.1, -0.05) is 35.9 Å². The van der Waals surface area contributed by atoms with Gasteiger partial charge in [0.1, 0.15) is 0 Å². The van der Waals surface area contributed by atoms with Gasteiger partial charge in [0.15, 0.2) is 0 Å². The summed E-state index contributed by atoms with van der Waals surface area (Å²) in [5, 5.41) is 9.31. The van der Waals surface area contributed by atoms with Crippen LogP contribution in [0.2, 0.25) is 5.02 Å². The van der Waals surface area contributed by atoms with Crippen molar-refractivity contribution in [2.24, 2.45) is 0 Å². The summed E-state index contributed by atoms with van der Waals surface area (Å²) in [6.45, 7) is 2.03. The van der Waals surface area contributed by atoms with Gasteiger partial charge in [0.2, 0.25) is 0 Å². The standard InChI is InChI=1S/C10H11ClO/c1-8-7-9(3-2-6-12)4-5-10(8)11/h2-5,7,12H,6H2,1H3. The van der Waals surface area contributed by atoms with Crippen LogP contribution in [0.25, 0.3) is 6.08 Å².